The summed E-state index contributed by atoms with van der Waals surface area (Å²) in [6, 6.07) is 7.31. The number of ether oxygens (including phenoxy) is 2. The minimum atomic E-state index is -4.54. The predicted octanol–water partition coefficient (Wildman–Crippen LogP) is 5.77. The molecule has 1 heterocycles. The molecule has 2 aromatic carbocycles. The summed E-state index contributed by atoms with van der Waals surface area (Å²) in [7, 11) is 1.37. The van der Waals surface area contributed by atoms with Crippen molar-refractivity contribution in [2.75, 3.05) is 25.6 Å². The molecule has 0 atom stereocenters. The number of nitrogens with one attached hydrogen (secondary N) is 1. The lowest BCUT2D eigenvalue weighted by atomic mass is 10.1. The van der Waals surface area contributed by atoms with Crippen LogP contribution in [0.1, 0.15) is 11.1 Å². The van der Waals surface area contributed by atoms with Crippen molar-refractivity contribution >= 4 is 63.5 Å². The van der Waals surface area contributed by atoms with E-state index in [4.69, 9.17) is 33.3 Å². The zero-order valence-corrected chi connectivity index (χ0v) is 20.5. The topological polar surface area (TPSA) is 67.9 Å². The summed E-state index contributed by atoms with van der Waals surface area (Å²) in [4.78, 5) is 26.6. The number of rotatable bonds is 8. The molecule has 1 saturated heterocycles. The van der Waals surface area contributed by atoms with E-state index in [1.165, 1.54) is 30.2 Å². The second-order valence-electron chi connectivity index (χ2n) is 7.03. The Kier molecular flexibility index (Phi) is 8.47. The highest BCUT2D eigenvalue weighted by molar-refractivity contribution is 8.26. The second-order valence-corrected chi connectivity index (χ2v) is 9.11. The molecule has 184 valence electrons. The summed E-state index contributed by atoms with van der Waals surface area (Å²) in [5.74, 6) is -0.708. The lowest BCUT2D eigenvalue weighted by molar-refractivity contribution is -0.137. The van der Waals surface area contributed by atoms with Crippen molar-refractivity contribution in [1.82, 2.24) is 4.90 Å². The Hall–Kier alpha value is -3.02. The van der Waals surface area contributed by atoms with Crippen molar-refractivity contribution in [3.8, 4) is 11.5 Å². The Balaban J connectivity index is 1.72. The standard InChI is InChI=1S/C23H18ClF3N2O4S2/c1-3-7-29-21(31)18(35-22(29)34)10-13-8-16(24)20(17(9-13)32-2)33-12-19(30)28-15-6-4-5-14(11-15)23(25,26)27/h3-6,8-11H,1,7,12H2,2H3,(H,28,30)/b18-10-. The molecule has 2 amide bonds. The zero-order valence-electron chi connectivity index (χ0n) is 18.1. The number of amides is 2. The third kappa shape index (κ3) is 6.56. The lowest BCUT2D eigenvalue weighted by Gasteiger charge is -2.14. The summed E-state index contributed by atoms with van der Waals surface area (Å²) >= 11 is 12.7. The van der Waals surface area contributed by atoms with Gasteiger partial charge in [-0.05, 0) is 42.0 Å². The van der Waals surface area contributed by atoms with E-state index in [0.717, 1.165) is 23.9 Å². The number of carbonyl (C=O) groups excluding carboxylic acids is 2. The SMILES string of the molecule is C=CCN1C(=O)/C(=C/c2cc(Cl)c(OCC(=O)Nc3cccc(C(F)(F)F)c3)c(OC)c2)SC1=S. The van der Waals surface area contributed by atoms with E-state index in [1.54, 1.807) is 18.2 Å². The maximum atomic E-state index is 12.9. The number of thioether (sulfide) groups is 1. The fourth-order valence-electron chi connectivity index (χ4n) is 3.01. The Morgan fingerprint density at radius 1 is 1.31 bits per heavy atom. The van der Waals surface area contributed by atoms with Crippen molar-refractivity contribution in [2.24, 2.45) is 0 Å². The molecule has 0 radical (unpaired) electrons. The molecule has 0 saturated carbocycles. The zero-order chi connectivity index (χ0) is 25.8. The maximum absolute atomic E-state index is 12.9. The lowest BCUT2D eigenvalue weighted by Crippen LogP contribution is -2.27. The van der Waals surface area contributed by atoms with E-state index >= 15 is 0 Å². The normalized spacial score (nSPS) is 14.9. The Morgan fingerprint density at radius 3 is 2.71 bits per heavy atom. The number of hydrogen-bond donors (Lipinski definition) is 1. The molecule has 0 spiro atoms. The monoisotopic (exact) mass is 542 g/mol. The van der Waals surface area contributed by atoms with Crippen LogP contribution in [0.25, 0.3) is 6.08 Å². The molecular weight excluding hydrogens is 525 g/mol. The number of thiocarbonyl (C=S) groups is 1. The highest BCUT2D eigenvalue weighted by atomic mass is 35.5. The molecule has 1 aliphatic heterocycles. The number of halogens is 4. The van der Waals surface area contributed by atoms with Gasteiger partial charge in [0.2, 0.25) is 0 Å². The third-order valence-corrected chi connectivity index (χ3v) is 6.21. The minimum Gasteiger partial charge on any atom is -0.493 e. The van der Waals surface area contributed by atoms with Gasteiger partial charge in [0.05, 0.1) is 22.6 Å². The van der Waals surface area contributed by atoms with Crippen molar-refractivity contribution in [3.05, 3.63) is 70.1 Å². The van der Waals surface area contributed by atoms with E-state index in [2.05, 4.69) is 11.9 Å². The molecule has 0 unspecified atom stereocenters. The number of alkyl halides is 3. The van der Waals surface area contributed by atoms with Crippen molar-refractivity contribution in [1.29, 1.82) is 0 Å². The van der Waals surface area contributed by atoms with Crippen molar-refractivity contribution in [3.63, 3.8) is 0 Å². The molecule has 1 N–H and O–H groups in total. The molecule has 1 aliphatic rings. The molecule has 0 aromatic heterocycles. The summed E-state index contributed by atoms with van der Waals surface area (Å²) in [6.07, 6.45) is -1.37. The minimum absolute atomic E-state index is 0.0318. The van der Waals surface area contributed by atoms with Crippen LogP contribution in [0.2, 0.25) is 5.02 Å². The Bertz CT molecular complexity index is 1220. The van der Waals surface area contributed by atoms with Gasteiger partial charge in [-0.3, -0.25) is 14.5 Å². The van der Waals surface area contributed by atoms with Gasteiger partial charge in [0.25, 0.3) is 11.8 Å². The number of nitrogens with zero attached hydrogens (tertiary/aromatic N) is 1. The van der Waals surface area contributed by atoms with Crippen LogP contribution >= 0.6 is 35.6 Å². The van der Waals surface area contributed by atoms with Gasteiger partial charge in [0, 0.05) is 12.2 Å². The fraction of sp³-hybridized carbons (Fsp3) is 0.174. The number of carbonyl (C=O) groups is 2. The molecule has 12 heteroatoms. The van der Waals surface area contributed by atoms with Gasteiger partial charge in [-0.25, -0.2) is 0 Å². The summed E-state index contributed by atoms with van der Waals surface area (Å²) in [5, 5.41) is 2.44. The first kappa shape index (κ1) is 26.6. The molecule has 0 aliphatic carbocycles. The van der Waals surface area contributed by atoms with Gasteiger partial charge in [0.15, 0.2) is 18.1 Å². The number of anilines is 1. The van der Waals surface area contributed by atoms with Crippen LogP contribution < -0.4 is 14.8 Å². The quantitative estimate of drug-likeness (QED) is 0.259. The molecule has 1 fully saturated rings. The van der Waals surface area contributed by atoms with Crippen molar-refractivity contribution in [2.45, 2.75) is 6.18 Å². The van der Waals surface area contributed by atoms with Gasteiger partial charge >= 0.3 is 6.18 Å². The summed E-state index contributed by atoms with van der Waals surface area (Å²) in [5.41, 5.74) is -0.389. The van der Waals surface area contributed by atoms with Crippen LogP contribution in [0, 0.1) is 0 Å². The highest BCUT2D eigenvalue weighted by Crippen LogP contribution is 2.39. The van der Waals surface area contributed by atoms with Crippen LogP contribution in [-0.4, -0.2) is 41.3 Å². The van der Waals surface area contributed by atoms with E-state index < -0.39 is 24.3 Å². The van der Waals surface area contributed by atoms with Crippen LogP contribution in [0.15, 0.2) is 54.0 Å². The molecule has 0 bridgehead atoms. The van der Waals surface area contributed by atoms with Gasteiger partial charge in [-0.15, -0.1) is 6.58 Å². The second kappa shape index (κ2) is 11.1. The van der Waals surface area contributed by atoms with Crippen LogP contribution in [0.4, 0.5) is 18.9 Å². The third-order valence-electron chi connectivity index (χ3n) is 4.56. The van der Waals surface area contributed by atoms with Gasteiger partial charge in [-0.1, -0.05) is 47.7 Å². The predicted molar refractivity (Wildman–Crippen MR) is 134 cm³/mol. The van der Waals surface area contributed by atoms with Crippen molar-refractivity contribution < 1.29 is 32.2 Å². The average Bonchev–Trinajstić information content (AvgIpc) is 3.05. The maximum Gasteiger partial charge on any atom is 0.416 e. The smallest absolute Gasteiger partial charge is 0.416 e. The largest absolute Gasteiger partial charge is 0.493 e. The first-order chi connectivity index (χ1) is 16.5. The molecule has 3 rings (SSSR count). The van der Waals surface area contributed by atoms with Crippen LogP contribution in [0.3, 0.4) is 0 Å². The first-order valence-corrected chi connectivity index (χ1v) is 11.5. The van der Waals surface area contributed by atoms with E-state index in [1.807, 2.05) is 0 Å². The molecular formula is C23H18ClF3N2O4S2. The van der Waals surface area contributed by atoms with Crippen LogP contribution in [0.5, 0.6) is 11.5 Å². The van der Waals surface area contributed by atoms with Gasteiger partial charge in [0.1, 0.15) is 4.32 Å². The summed E-state index contributed by atoms with van der Waals surface area (Å²) < 4.78 is 49.8. The average molecular weight is 543 g/mol. The number of benzene rings is 2. The fourth-order valence-corrected chi connectivity index (χ4v) is 4.56. The Labute approximate surface area is 213 Å². The molecule has 2 aromatic rings. The molecule has 35 heavy (non-hydrogen) atoms. The summed E-state index contributed by atoms with van der Waals surface area (Å²) in [6.45, 7) is 3.37. The Morgan fingerprint density at radius 2 is 2.06 bits per heavy atom. The van der Waals surface area contributed by atoms with E-state index in [-0.39, 0.29) is 28.1 Å². The van der Waals surface area contributed by atoms with Gasteiger partial charge in [-0.2, -0.15) is 13.2 Å². The van der Waals surface area contributed by atoms with Gasteiger partial charge < -0.3 is 14.8 Å². The van der Waals surface area contributed by atoms with Crippen LogP contribution in [-0.2, 0) is 15.8 Å². The number of hydrogen-bond acceptors (Lipinski definition) is 6. The molecule has 6 nitrogen and oxygen atoms in total. The van der Waals surface area contributed by atoms with E-state index in [9.17, 15) is 22.8 Å². The van der Waals surface area contributed by atoms with E-state index in [0.29, 0.717) is 21.3 Å². The highest BCUT2D eigenvalue weighted by Gasteiger charge is 2.31. The first-order valence-electron chi connectivity index (χ1n) is 9.87. The number of methoxy groups -OCH3 is 1.